The average molecular weight is 425 g/mol. The highest BCUT2D eigenvalue weighted by atomic mass is 16.2. The molecule has 0 aliphatic rings. The van der Waals surface area contributed by atoms with Gasteiger partial charge in [0.2, 0.25) is 5.91 Å². The fraction of sp³-hybridized carbons (Fsp3) is 0.381. The summed E-state index contributed by atoms with van der Waals surface area (Å²) in [6.45, 7) is 5.05. The van der Waals surface area contributed by atoms with E-state index in [9.17, 15) is 14.4 Å². The number of nitrogens with one attached hydrogen (secondary N) is 4. The average Bonchev–Trinajstić information content (AvgIpc) is 3.17. The van der Waals surface area contributed by atoms with E-state index in [0.29, 0.717) is 29.3 Å². The first-order valence-corrected chi connectivity index (χ1v) is 10.2. The third-order valence-electron chi connectivity index (χ3n) is 4.59. The fourth-order valence-electron chi connectivity index (χ4n) is 2.91. The van der Waals surface area contributed by atoms with Crippen LogP contribution in [-0.4, -0.2) is 44.8 Å². The zero-order valence-electron chi connectivity index (χ0n) is 17.6. The van der Waals surface area contributed by atoms with Crippen LogP contribution in [0.15, 0.2) is 41.3 Å². The number of rotatable bonds is 9. The van der Waals surface area contributed by atoms with Gasteiger partial charge in [-0.3, -0.25) is 9.59 Å². The van der Waals surface area contributed by atoms with Crippen molar-refractivity contribution in [3.63, 3.8) is 0 Å². The van der Waals surface area contributed by atoms with Crippen LogP contribution in [0.4, 0.5) is 4.79 Å². The molecule has 1 aromatic carbocycles. The predicted octanol–water partition coefficient (Wildman–Crippen LogP) is 1.46. The van der Waals surface area contributed by atoms with E-state index < -0.39 is 6.03 Å². The Morgan fingerprint density at radius 3 is 2.61 bits per heavy atom. The minimum Gasteiger partial charge on any atom is -0.356 e. The lowest BCUT2D eigenvalue weighted by molar-refractivity contribution is -0.120. The molecule has 0 aliphatic carbocycles. The predicted molar refractivity (Wildman–Crippen MR) is 117 cm³/mol. The Morgan fingerprint density at radius 2 is 1.87 bits per heavy atom. The molecule has 0 saturated heterocycles. The summed E-state index contributed by atoms with van der Waals surface area (Å²) >= 11 is 0. The molecule has 0 radical (unpaired) electrons. The fourth-order valence-corrected chi connectivity index (χ4v) is 2.91. The van der Waals surface area contributed by atoms with Gasteiger partial charge < -0.3 is 20.9 Å². The van der Waals surface area contributed by atoms with E-state index in [2.05, 4.69) is 44.9 Å². The SMILES string of the molecule is CC(C)CCNC(=O)CCNC(=O)NCc1nc2c(cnn2-c2ccccc2)c(=O)[nH]1. The van der Waals surface area contributed by atoms with Crippen LogP contribution in [0.5, 0.6) is 0 Å². The third-order valence-corrected chi connectivity index (χ3v) is 4.59. The molecular formula is C21H27N7O3. The first-order chi connectivity index (χ1) is 14.9. The van der Waals surface area contributed by atoms with E-state index >= 15 is 0 Å². The van der Waals surface area contributed by atoms with Gasteiger partial charge in [-0.1, -0.05) is 32.0 Å². The van der Waals surface area contributed by atoms with E-state index in [4.69, 9.17) is 0 Å². The quantitative estimate of drug-likeness (QED) is 0.412. The van der Waals surface area contributed by atoms with E-state index in [1.54, 1.807) is 4.68 Å². The summed E-state index contributed by atoms with van der Waals surface area (Å²) < 4.78 is 1.58. The molecule has 3 amide bonds. The van der Waals surface area contributed by atoms with Crippen molar-refractivity contribution < 1.29 is 9.59 Å². The van der Waals surface area contributed by atoms with E-state index in [1.807, 2.05) is 30.3 Å². The van der Waals surface area contributed by atoms with E-state index in [1.165, 1.54) is 6.20 Å². The van der Waals surface area contributed by atoms with Gasteiger partial charge in [-0.05, 0) is 24.5 Å². The molecular weight excluding hydrogens is 398 g/mol. The molecule has 31 heavy (non-hydrogen) atoms. The molecule has 4 N–H and O–H groups in total. The number of urea groups is 1. The number of fused-ring (bicyclic) bond motifs is 1. The Hall–Kier alpha value is -3.69. The molecule has 0 saturated carbocycles. The lowest BCUT2D eigenvalue weighted by Gasteiger charge is -2.09. The molecule has 0 fully saturated rings. The minimum absolute atomic E-state index is 0.0254. The number of nitrogens with zero attached hydrogens (tertiary/aromatic N) is 3. The minimum atomic E-state index is -0.450. The smallest absolute Gasteiger partial charge is 0.315 e. The summed E-state index contributed by atoms with van der Waals surface area (Å²) in [6.07, 6.45) is 2.57. The molecule has 0 aliphatic heterocycles. The lowest BCUT2D eigenvalue weighted by atomic mass is 10.1. The highest BCUT2D eigenvalue weighted by molar-refractivity contribution is 5.78. The van der Waals surface area contributed by atoms with Gasteiger partial charge in [-0.15, -0.1) is 0 Å². The Labute approximate surface area is 179 Å². The van der Waals surface area contributed by atoms with Crippen molar-refractivity contribution in [3.8, 4) is 5.69 Å². The highest BCUT2D eigenvalue weighted by Gasteiger charge is 2.12. The molecule has 0 spiro atoms. The Kier molecular flexibility index (Phi) is 7.36. The van der Waals surface area contributed by atoms with Gasteiger partial charge >= 0.3 is 6.03 Å². The summed E-state index contributed by atoms with van der Waals surface area (Å²) in [5.74, 6) is 0.720. The van der Waals surface area contributed by atoms with Crippen molar-refractivity contribution in [3.05, 3.63) is 52.7 Å². The maximum atomic E-state index is 12.3. The van der Waals surface area contributed by atoms with Gasteiger partial charge in [-0.2, -0.15) is 5.10 Å². The van der Waals surface area contributed by atoms with Crippen molar-refractivity contribution in [2.24, 2.45) is 5.92 Å². The second-order valence-electron chi connectivity index (χ2n) is 7.53. The van der Waals surface area contributed by atoms with Crippen molar-refractivity contribution in [1.82, 2.24) is 35.7 Å². The number of aromatic nitrogens is 4. The first kappa shape index (κ1) is 22.0. The summed E-state index contributed by atoms with van der Waals surface area (Å²) in [4.78, 5) is 43.2. The van der Waals surface area contributed by atoms with Gasteiger partial charge in [0.05, 0.1) is 18.4 Å². The van der Waals surface area contributed by atoms with Gasteiger partial charge in [0.15, 0.2) is 5.65 Å². The number of benzene rings is 1. The monoisotopic (exact) mass is 425 g/mol. The van der Waals surface area contributed by atoms with Crippen molar-refractivity contribution >= 4 is 23.0 Å². The molecule has 164 valence electrons. The Balaban J connectivity index is 1.53. The second kappa shape index (κ2) is 10.4. The molecule has 0 atom stereocenters. The Morgan fingerprint density at radius 1 is 1.10 bits per heavy atom. The van der Waals surface area contributed by atoms with Gasteiger partial charge in [0, 0.05) is 19.5 Å². The number of hydrogen-bond donors (Lipinski definition) is 4. The van der Waals surface area contributed by atoms with Crippen molar-refractivity contribution in [2.45, 2.75) is 33.2 Å². The number of H-pyrrole nitrogens is 1. The van der Waals surface area contributed by atoms with E-state index in [0.717, 1.165) is 12.1 Å². The van der Waals surface area contributed by atoms with Crippen LogP contribution in [0, 0.1) is 5.92 Å². The molecule has 3 aromatic rings. The zero-order chi connectivity index (χ0) is 22.2. The highest BCUT2D eigenvalue weighted by Crippen LogP contribution is 2.13. The van der Waals surface area contributed by atoms with Gasteiger partial charge in [-0.25, -0.2) is 14.5 Å². The van der Waals surface area contributed by atoms with Crippen LogP contribution in [0.3, 0.4) is 0 Å². The number of carbonyl (C=O) groups excluding carboxylic acids is 2. The normalized spacial score (nSPS) is 10.9. The van der Waals surface area contributed by atoms with Crippen LogP contribution >= 0.6 is 0 Å². The van der Waals surface area contributed by atoms with Crippen LogP contribution in [0.1, 0.15) is 32.5 Å². The summed E-state index contributed by atoms with van der Waals surface area (Å²) in [5.41, 5.74) is 0.853. The Bertz CT molecular complexity index is 1090. The molecule has 2 heterocycles. The summed E-state index contributed by atoms with van der Waals surface area (Å²) in [6, 6.07) is 8.90. The molecule has 0 unspecified atom stereocenters. The second-order valence-corrected chi connectivity index (χ2v) is 7.53. The molecule has 0 bridgehead atoms. The first-order valence-electron chi connectivity index (χ1n) is 10.2. The van der Waals surface area contributed by atoms with E-state index in [-0.39, 0.29) is 31.0 Å². The van der Waals surface area contributed by atoms with Crippen molar-refractivity contribution in [2.75, 3.05) is 13.1 Å². The third kappa shape index (κ3) is 6.14. The van der Waals surface area contributed by atoms with Crippen molar-refractivity contribution in [1.29, 1.82) is 0 Å². The maximum absolute atomic E-state index is 12.3. The number of amides is 3. The number of para-hydroxylation sites is 1. The largest absolute Gasteiger partial charge is 0.356 e. The summed E-state index contributed by atoms with van der Waals surface area (Å²) in [7, 11) is 0. The molecule has 10 heteroatoms. The lowest BCUT2D eigenvalue weighted by Crippen LogP contribution is -2.38. The number of carbonyl (C=O) groups is 2. The van der Waals surface area contributed by atoms with Gasteiger partial charge in [0.25, 0.3) is 5.56 Å². The zero-order valence-corrected chi connectivity index (χ0v) is 17.6. The van der Waals surface area contributed by atoms with Crippen LogP contribution in [0.25, 0.3) is 16.7 Å². The molecule has 3 rings (SSSR count). The number of aromatic amines is 1. The maximum Gasteiger partial charge on any atom is 0.315 e. The molecule has 10 nitrogen and oxygen atoms in total. The molecule has 2 aromatic heterocycles. The van der Waals surface area contributed by atoms with Crippen LogP contribution < -0.4 is 21.5 Å². The summed E-state index contributed by atoms with van der Waals surface area (Å²) in [5, 5.41) is 12.7. The topological polar surface area (TPSA) is 134 Å². The standard InChI is InChI=1S/C21H27N7O3/c1-14(2)8-10-22-18(29)9-11-23-21(31)24-13-17-26-19-16(20(30)27-17)12-25-28(19)15-6-4-3-5-7-15/h3-7,12,14H,8-11,13H2,1-2H3,(H,22,29)(H2,23,24,31)(H,26,27,30). The number of hydrogen-bond acceptors (Lipinski definition) is 5. The van der Waals surface area contributed by atoms with Crippen LogP contribution in [-0.2, 0) is 11.3 Å². The van der Waals surface area contributed by atoms with Crippen LogP contribution in [0.2, 0.25) is 0 Å². The van der Waals surface area contributed by atoms with Gasteiger partial charge in [0.1, 0.15) is 11.2 Å².